The summed E-state index contributed by atoms with van der Waals surface area (Å²) in [7, 11) is 1.74. The van der Waals surface area contributed by atoms with E-state index in [2.05, 4.69) is 0 Å². The van der Waals surface area contributed by atoms with E-state index < -0.39 is 11.7 Å². The third-order valence-electron chi connectivity index (χ3n) is 5.22. The molecule has 1 aliphatic heterocycles. The van der Waals surface area contributed by atoms with Gasteiger partial charge in [-0.15, -0.1) is 0 Å². The van der Waals surface area contributed by atoms with Crippen LogP contribution in [0.5, 0.6) is 0 Å². The van der Waals surface area contributed by atoms with Crippen LogP contribution in [0.2, 0.25) is 15.1 Å². The first-order chi connectivity index (χ1) is 14.5. The summed E-state index contributed by atoms with van der Waals surface area (Å²) >= 11 is 18.3. The average Bonchev–Trinajstić information content (AvgIpc) is 3.14. The molecule has 0 spiro atoms. The molecule has 2 amide bonds. The summed E-state index contributed by atoms with van der Waals surface area (Å²) in [5.41, 5.74) is 0.816. The second-order valence-corrected chi connectivity index (χ2v) is 9.91. The number of ether oxygens (including phenoxy) is 1. The lowest BCUT2D eigenvalue weighted by atomic mass is 9.93. The summed E-state index contributed by atoms with van der Waals surface area (Å²) < 4.78 is 5.56. The summed E-state index contributed by atoms with van der Waals surface area (Å²) in [5.74, 6) is -0.304. The Morgan fingerprint density at radius 3 is 2.23 bits per heavy atom. The average molecular weight is 484 g/mol. The highest BCUT2D eigenvalue weighted by Gasteiger charge is 2.41. The maximum atomic E-state index is 13.1. The van der Waals surface area contributed by atoms with Gasteiger partial charge in [-0.2, -0.15) is 0 Å². The van der Waals surface area contributed by atoms with Crippen molar-refractivity contribution in [3.05, 3.63) is 68.7 Å². The molecule has 1 heterocycles. The van der Waals surface area contributed by atoms with E-state index in [1.54, 1.807) is 53.2 Å². The van der Waals surface area contributed by atoms with E-state index in [1.165, 1.54) is 0 Å². The molecule has 0 unspecified atom stereocenters. The molecule has 5 nitrogen and oxygen atoms in total. The molecular weight excluding hydrogens is 459 g/mol. The van der Waals surface area contributed by atoms with Gasteiger partial charge in [-0.1, -0.05) is 40.9 Å². The highest BCUT2D eigenvalue weighted by Crippen LogP contribution is 2.35. The Morgan fingerprint density at radius 2 is 1.65 bits per heavy atom. The standard InChI is InChI=1S/C23H25Cl3N2O3/c1-23(2,3)31-22(30)28-12-17(15-7-10-18(25)19(26)11-15)20(13-28)27(4)21(29)14-5-8-16(24)9-6-14/h5-11,17,20H,12-13H2,1-4H3/t17-,20-/m1/s1. The normalized spacial score (nSPS) is 18.7. The first kappa shape index (κ1) is 23.7. The van der Waals surface area contributed by atoms with Crippen molar-refractivity contribution in [1.29, 1.82) is 0 Å². The minimum atomic E-state index is -0.612. The molecule has 8 heteroatoms. The van der Waals surface area contributed by atoms with Crippen molar-refractivity contribution in [1.82, 2.24) is 9.80 Å². The topological polar surface area (TPSA) is 49.9 Å². The van der Waals surface area contributed by atoms with Gasteiger partial charge >= 0.3 is 6.09 Å². The molecule has 0 N–H and O–H groups in total. The van der Waals surface area contributed by atoms with Crippen molar-refractivity contribution >= 4 is 46.8 Å². The number of likely N-dealkylation sites (N-methyl/N-ethyl adjacent to an activating group) is 1. The Kier molecular flexibility index (Phi) is 7.09. The van der Waals surface area contributed by atoms with Crippen LogP contribution in [0.15, 0.2) is 42.5 Å². The minimum absolute atomic E-state index is 0.150. The maximum absolute atomic E-state index is 13.1. The molecule has 2 aromatic rings. The Bertz CT molecular complexity index is 973. The van der Waals surface area contributed by atoms with Gasteiger partial charge in [0.1, 0.15) is 5.60 Å². The van der Waals surface area contributed by atoms with Gasteiger partial charge in [0.2, 0.25) is 0 Å². The highest BCUT2D eigenvalue weighted by molar-refractivity contribution is 6.42. The summed E-state index contributed by atoms with van der Waals surface area (Å²) in [5, 5.41) is 1.44. The van der Waals surface area contributed by atoms with Crippen LogP contribution in [-0.4, -0.2) is 53.6 Å². The lowest BCUT2D eigenvalue weighted by Crippen LogP contribution is -2.42. The van der Waals surface area contributed by atoms with Gasteiger partial charge in [0, 0.05) is 36.6 Å². The maximum Gasteiger partial charge on any atom is 0.410 e. The third kappa shape index (κ3) is 5.65. The van der Waals surface area contributed by atoms with Crippen LogP contribution in [0.25, 0.3) is 0 Å². The van der Waals surface area contributed by atoms with Crippen LogP contribution in [0.3, 0.4) is 0 Å². The van der Waals surface area contributed by atoms with E-state index in [0.717, 1.165) is 5.56 Å². The van der Waals surface area contributed by atoms with E-state index in [1.807, 2.05) is 26.8 Å². The molecule has 0 aliphatic carbocycles. The van der Waals surface area contributed by atoms with Crippen LogP contribution < -0.4 is 0 Å². The third-order valence-corrected chi connectivity index (χ3v) is 6.21. The molecule has 31 heavy (non-hydrogen) atoms. The molecule has 0 saturated carbocycles. The second-order valence-electron chi connectivity index (χ2n) is 8.66. The number of hydrogen-bond donors (Lipinski definition) is 0. The van der Waals surface area contributed by atoms with Gasteiger partial charge in [-0.25, -0.2) is 4.79 Å². The summed E-state index contributed by atoms with van der Waals surface area (Å²) in [6.07, 6.45) is -0.410. The fourth-order valence-corrected chi connectivity index (χ4v) is 4.10. The zero-order valence-electron chi connectivity index (χ0n) is 17.9. The number of benzene rings is 2. The molecule has 3 rings (SSSR count). The van der Waals surface area contributed by atoms with Crippen molar-refractivity contribution in [2.75, 3.05) is 20.1 Å². The molecule has 0 aromatic heterocycles. The molecular formula is C23H25Cl3N2O3. The van der Waals surface area contributed by atoms with Crippen LogP contribution in [-0.2, 0) is 4.74 Å². The monoisotopic (exact) mass is 482 g/mol. The number of carbonyl (C=O) groups is 2. The highest BCUT2D eigenvalue weighted by atomic mass is 35.5. The molecule has 166 valence electrons. The first-order valence-electron chi connectivity index (χ1n) is 9.92. The lowest BCUT2D eigenvalue weighted by Gasteiger charge is -2.29. The number of halogens is 3. The van der Waals surface area contributed by atoms with Crippen molar-refractivity contribution in [2.45, 2.75) is 38.3 Å². The molecule has 2 aromatic carbocycles. The van der Waals surface area contributed by atoms with Crippen LogP contribution >= 0.6 is 34.8 Å². The number of likely N-dealkylation sites (tertiary alicyclic amines) is 1. The molecule has 0 bridgehead atoms. The number of hydrogen-bond acceptors (Lipinski definition) is 3. The number of nitrogens with zero attached hydrogens (tertiary/aromatic N) is 2. The summed E-state index contributed by atoms with van der Waals surface area (Å²) in [6.45, 7) is 6.21. The Balaban J connectivity index is 1.90. The van der Waals surface area contributed by atoms with Gasteiger partial charge < -0.3 is 14.5 Å². The van der Waals surface area contributed by atoms with E-state index in [0.29, 0.717) is 33.7 Å². The van der Waals surface area contributed by atoms with Gasteiger partial charge in [0.25, 0.3) is 5.91 Å². The van der Waals surface area contributed by atoms with Crippen LogP contribution in [0.4, 0.5) is 4.79 Å². The molecule has 1 fully saturated rings. The molecule has 0 radical (unpaired) electrons. The second kappa shape index (κ2) is 9.27. The fraction of sp³-hybridized carbons (Fsp3) is 0.391. The van der Waals surface area contributed by atoms with Crippen LogP contribution in [0.1, 0.15) is 42.6 Å². The zero-order valence-corrected chi connectivity index (χ0v) is 20.1. The van der Waals surface area contributed by atoms with E-state index in [9.17, 15) is 9.59 Å². The van der Waals surface area contributed by atoms with Gasteiger partial charge in [0.15, 0.2) is 0 Å². The first-order valence-corrected chi connectivity index (χ1v) is 11.1. The van der Waals surface area contributed by atoms with Crippen LogP contribution in [0, 0.1) is 0 Å². The predicted molar refractivity (Wildman–Crippen MR) is 124 cm³/mol. The fourth-order valence-electron chi connectivity index (χ4n) is 3.67. The van der Waals surface area contributed by atoms with E-state index in [4.69, 9.17) is 39.5 Å². The smallest absolute Gasteiger partial charge is 0.410 e. The Labute approximate surface area is 197 Å². The van der Waals surface area contributed by atoms with E-state index in [-0.39, 0.29) is 17.9 Å². The van der Waals surface area contributed by atoms with Gasteiger partial charge in [-0.05, 0) is 62.7 Å². The minimum Gasteiger partial charge on any atom is -0.444 e. The summed E-state index contributed by atoms with van der Waals surface area (Å²) in [4.78, 5) is 29.2. The SMILES string of the molecule is CN(C(=O)c1ccc(Cl)cc1)[C@@H]1CN(C(=O)OC(C)(C)C)C[C@@H]1c1ccc(Cl)c(Cl)c1. The number of carbonyl (C=O) groups excluding carboxylic acids is 2. The van der Waals surface area contributed by atoms with Crippen molar-refractivity contribution in [3.63, 3.8) is 0 Å². The summed E-state index contributed by atoms with van der Waals surface area (Å²) in [6, 6.07) is 11.9. The lowest BCUT2D eigenvalue weighted by molar-refractivity contribution is 0.0278. The van der Waals surface area contributed by atoms with Crippen molar-refractivity contribution in [2.24, 2.45) is 0 Å². The molecule has 2 atom stereocenters. The molecule has 1 saturated heterocycles. The van der Waals surface area contributed by atoms with Crippen molar-refractivity contribution in [3.8, 4) is 0 Å². The number of amides is 2. The Morgan fingerprint density at radius 1 is 1.00 bits per heavy atom. The zero-order chi connectivity index (χ0) is 22.9. The molecule has 1 aliphatic rings. The van der Waals surface area contributed by atoms with E-state index >= 15 is 0 Å². The quantitative estimate of drug-likeness (QED) is 0.528. The van der Waals surface area contributed by atoms with Gasteiger partial charge in [-0.3, -0.25) is 4.79 Å². The predicted octanol–water partition coefficient (Wildman–Crippen LogP) is 6.12. The largest absolute Gasteiger partial charge is 0.444 e. The Hall–Kier alpha value is -1.95. The van der Waals surface area contributed by atoms with Crippen molar-refractivity contribution < 1.29 is 14.3 Å². The number of rotatable bonds is 3. The van der Waals surface area contributed by atoms with Gasteiger partial charge in [0.05, 0.1) is 16.1 Å².